The molecule has 126 valence electrons. The third kappa shape index (κ3) is 2.82. The van der Waals surface area contributed by atoms with Gasteiger partial charge in [-0.25, -0.2) is 9.67 Å². The summed E-state index contributed by atoms with van der Waals surface area (Å²) in [4.78, 5) is 11.8. The fraction of sp³-hybridized carbons (Fsp3) is 0.125. The highest BCUT2D eigenvalue weighted by Crippen LogP contribution is 2.26. The number of fused-ring (bicyclic) bond motifs is 1. The van der Waals surface area contributed by atoms with Crippen molar-refractivity contribution in [3.63, 3.8) is 0 Å². The van der Waals surface area contributed by atoms with Crippen LogP contribution in [0.5, 0.6) is 0 Å². The van der Waals surface area contributed by atoms with E-state index in [4.69, 9.17) is 11.5 Å². The lowest BCUT2D eigenvalue weighted by Crippen LogP contribution is -2.05. The molecule has 4 rings (SSSR count). The van der Waals surface area contributed by atoms with Crippen LogP contribution in [0.15, 0.2) is 34.9 Å². The van der Waals surface area contributed by atoms with Crippen LogP contribution >= 0.6 is 15.9 Å². The fourth-order valence-corrected chi connectivity index (χ4v) is 3.02. The molecule has 9 heteroatoms. The molecule has 0 saturated carbocycles. The minimum atomic E-state index is 0.172. The first-order chi connectivity index (χ1) is 12.0. The normalized spacial score (nSPS) is 11.3. The van der Waals surface area contributed by atoms with Gasteiger partial charge in [0.1, 0.15) is 5.69 Å². The molecule has 0 aliphatic rings. The van der Waals surface area contributed by atoms with Gasteiger partial charge in [-0.2, -0.15) is 4.98 Å². The summed E-state index contributed by atoms with van der Waals surface area (Å²) >= 11 is 3.42. The van der Waals surface area contributed by atoms with Gasteiger partial charge in [-0.1, -0.05) is 17.3 Å². The Kier molecular flexibility index (Phi) is 3.65. The highest BCUT2D eigenvalue weighted by molar-refractivity contribution is 9.10. The van der Waals surface area contributed by atoms with E-state index in [-0.39, 0.29) is 5.95 Å². The number of aromatic amines is 1. The van der Waals surface area contributed by atoms with Gasteiger partial charge in [0.25, 0.3) is 0 Å². The quantitative estimate of drug-likeness (QED) is 0.455. The number of hydrogen-bond donors (Lipinski definition) is 3. The SMILES string of the molecule is Cc1cc(Cn2nnc3c(-c4cc(Br)c[nH]4)nc(N)nc32)ccc1N. The number of hydrogen-bond acceptors (Lipinski definition) is 6. The predicted octanol–water partition coefficient (Wildman–Crippen LogP) is 2.50. The van der Waals surface area contributed by atoms with Gasteiger partial charge < -0.3 is 16.5 Å². The van der Waals surface area contributed by atoms with Gasteiger partial charge in [0.15, 0.2) is 11.2 Å². The molecule has 1 aromatic carbocycles. The number of halogens is 1. The lowest BCUT2D eigenvalue weighted by atomic mass is 10.1. The zero-order valence-electron chi connectivity index (χ0n) is 13.4. The minimum absolute atomic E-state index is 0.172. The van der Waals surface area contributed by atoms with Gasteiger partial charge in [0, 0.05) is 16.4 Å². The molecule has 0 bridgehead atoms. The van der Waals surface area contributed by atoms with Crippen LogP contribution < -0.4 is 11.5 Å². The molecule has 0 amide bonds. The lowest BCUT2D eigenvalue weighted by Gasteiger charge is -2.06. The topological polar surface area (TPSA) is 124 Å². The van der Waals surface area contributed by atoms with Crippen LogP contribution in [0.1, 0.15) is 11.1 Å². The van der Waals surface area contributed by atoms with Crippen LogP contribution in [0, 0.1) is 6.92 Å². The van der Waals surface area contributed by atoms with E-state index in [0.717, 1.165) is 27.0 Å². The Hall–Kier alpha value is -2.94. The number of nitrogens with zero attached hydrogens (tertiary/aromatic N) is 5. The second kappa shape index (κ2) is 5.85. The molecule has 0 saturated heterocycles. The Morgan fingerprint density at radius 2 is 2.04 bits per heavy atom. The van der Waals surface area contributed by atoms with Crippen molar-refractivity contribution >= 4 is 38.7 Å². The number of nitrogen functional groups attached to an aromatic ring is 2. The van der Waals surface area contributed by atoms with Crippen LogP contribution in [0.3, 0.4) is 0 Å². The van der Waals surface area contributed by atoms with Gasteiger partial charge in [0.2, 0.25) is 5.95 Å². The van der Waals surface area contributed by atoms with Crippen molar-refractivity contribution in [1.29, 1.82) is 0 Å². The monoisotopic (exact) mass is 398 g/mol. The van der Waals surface area contributed by atoms with E-state index in [1.54, 1.807) is 4.68 Å². The lowest BCUT2D eigenvalue weighted by molar-refractivity contribution is 0.664. The van der Waals surface area contributed by atoms with Gasteiger partial charge in [0.05, 0.1) is 12.2 Å². The molecule has 25 heavy (non-hydrogen) atoms. The first-order valence-corrected chi connectivity index (χ1v) is 8.36. The van der Waals surface area contributed by atoms with Gasteiger partial charge in [-0.15, -0.1) is 5.10 Å². The van der Waals surface area contributed by atoms with Crippen LogP contribution in [0.2, 0.25) is 0 Å². The highest BCUT2D eigenvalue weighted by atomic mass is 79.9. The van der Waals surface area contributed by atoms with Crippen molar-refractivity contribution in [3.8, 4) is 11.4 Å². The Morgan fingerprint density at radius 1 is 1.20 bits per heavy atom. The van der Waals surface area contributed by atoms with Crippen molar-refractivity contribution in [2.45, 2.75) is 13.5 Å². The van der Waals surface area contributed by atoms with Crippen LogP contribution in [0.4, 0.5) is 11.6 Å². The van der Waals surface area contributed by atoms with Gasteiger partial charge in [-0.3, -0.25) is 0 Å². The summed E-state index contributed by atoms with van der Waals surface area (Å²) < 4.78 is 2.62. The van der Waals surface area contributed by atoms with E-state index in [9.17, 15) is 0 Å². The molecule has 0 aliphatic heterocycles. The number of aryl methyl sites for hydroxylation is 1. The number of aromatic nitrogens is 6. The minimum Gasteiger partial charge on any atom is -0.399 e. The molecular formula is C16H15BrN8. The molecule has 0 atom stereocenters. The van der Waals surface area contributed by atoms with Crippen molar-refractivity contribution in [3.05, 3.63) is 46.1 Å². The van der Waals surface area contributed by atoms with Crippen molar-refractivity contribution in [1.82, 2.24) is 29.9 Å². The number of rotatable bonds is 3. The van der Waals surface area contributed by atoms with E-state index in [1.807, 2.05) is 37.4 Å². The molecule has 0 fully saturated rings. The Balaban J connectivity index is 1.81. The number of nitrogens with one attached hydrogen (secondary N) is 1. The third-order valence-corrected chi connectivity index (χ3v) is 4.41. The molecule has 5 N–H and O–H groups in total. The van der Waals surface area contributed by atoms with Gasteiger partial charge >= 0.3 is 0 Å². The van der Waals surface area contributed by atoms with Crippen LogP contribution in [0.25, 0.3) is 22.6 Å². The molecule has 0 spiro atoms. The smallest absolute Gasteiger partial charge is 0.222 e. The summed E-state index contributed by atoms with van der Waals surface area (Å²) in [6, 6.07) is 7.78. The van der Waals surface area contributed by atoms with Gasteiger partial charge in [-0.05, 0) is 46.1 Å². The molecule has 8 nitrogen and oxygen atoms in total. The third-order valence-electron chi connectivity index (χ3n) is 3.95. The first-order valence-electron chi connectivity index (χ1n) is 7.57. The number of benzene rings is 1. The average Bonchev–Trinajstić information content (AvgIpc) is 3.17. The summed E-state index contributed by atoms with van der Waals surface area (Å²) in [6.07, 6.45) is 1.82. The maximum absolute atomic E-state index is 5.90. The zero-order valence-corrected chi connectivity index (χ0v) is 14.9. The summed E-state index contributed by atoms with van der Waals surface area (Å²) in [5, 5.41) is 8.48. The summed E-state index contributed by atoms with van der Waals surface area (Å²) in [5.41, 5.74) is 17.2. The Labute approximate surface area is 151 Å². The molecule has 0 aliphatic carbocycles. The van der Waals surface area contributed by atoms with Crippen molar-refractivity contribution < 1.29 is 0 Å². The molecular weight excluding hydrogens is 384 g/mol. The average molecular weight is 399 g/mol. The largest absolute Gasteiger partial charge is 0.399 e. The molecule has 0 radical (unpaired) electrons. The molecule has 4 aromatic rings. The van der Waals surface area contributed by atoms with Crippen LogP contribution in [-0.2, 0) is 6.54 Å². The fourth-order valence-electron chi connectivity index (χ4n) is 2.68. The number of H-pyrrole nitrogens is 1. The summed E-state index contributed by atoms with van der Waals surface area (Å²) in [7, 11) is 0. The Morgan fingerprint density at radius 3 is 2.76 bits per heavy atom. The number of anilines is 2. The van der Waals surface area contributed by atoms with Crippen LogP contribution in [-0.4, -0.2) is 29.9 Å². The number of nitrogens with two attached hydrogens (primary N) is 2. The second-order valence-electron chi connectivity index (χ2n) is 5.77. The molecule has 0 unspecified atom stereocenters. The molecule has 3 heterocycles. The second-order valence-corrected chi connectivity index (χ2v) is 6.69. The van der Waals surface area contributed by atoms with E-state index >= 15 is 0 Å². The van der Waals surface area contributed by atoms with Crippen molar-refractivity contribution in [2.24, 2.45) is 0 Å². The zero-order chi connectivity index (χ0) is 17.6. The predicted molar refractivity (Wildman–Crippen MR) is 99.7 cm³/mol. The van der Waals surface area contributed by atoms with E-state index in [2.05, 4.69) is 41.2 Å². The standard InChI is InChI=1S/C16H15BrN8/c1-8-4-9(2-3-11(8)18)7-25-15-14(23-24-25)13(21-16(19)22-15)12-5-10(17)6-20-12/h2-6,20H,7,18H2,1H3,(H2,19,21,22). The highest BCUT2D eigenvalue weighted by Gasteiger charge is 2.16. The van der Waals surface area contributed by atoms with E-state index in [0.29, 0.717) is 23.4 Å². The summed E-state index contributed by atoms with van der Waals surface area (Å²) in [6.45, 7) is 2.49. The van der Waals surface area contributed by atoms with E-state index < -0.39 is 0 Å². The molecule has 3 aromatic heterocycles. The Bertz CT molecular complexity index is 1080. The first kappa shape index (κ1) is 15.6. The maximum atomic E-state index is 5.90. The van der Waals surface area contributed by atoms with Crippen molar-refractivity contribution in [2.75, 3.05) is 11.5 Å². The summed E-state index contributed by atoms with van der Waals surface area (Å²) in [5.74, 6) is 0.172. The maximum Gasteiger partial charge on any atom is 0.222 e. The van der Waals surface area contributed by atoms with E-state index in [1.165, 1.54) is 0 Å².